The number of hydrogen-bond donors (Lipinski definition) is 0. The van der Waals surface area contributed by atoms with E-state index in [0.29, 0.717) is 0 Å². The van der Waals surface area contributed by atoms with Crippen LogP contribution >= 0.6 is 0 Å². The molecule has 2 rings (SSSR count). The highest BCUT2D eigenvalue weighted by atomic mass is 16.5. The molecule has 1 aliphatic heterocycles. The Morgan fingerprint density at radius 1 is 1.39 bits per heavy atom. The van der Waals surface area contributed by atoms with Gasteiger partial charge in [-0.2, -0.15) is 0 Å². The Balaban J connectivity index is 2.07. The van der Waals surface area contributed by atoms with E-state index in [1.54, 1.807) is 0 Å². The first kappa shape index (κ1) is 13.6. The van der Waals surface area contributed by atoms with E-state index in [0.717, 1.165) is 39.4 Å². The average Bonchev–Trinajstić information content (AvgIpc) is 2.78. The molecule has 1 aromatic rings. The molecule has 1 saturated heterocycles. The predicted octanol–water partition coefficient (Wildman–Crippen LogP) is 1.54. The Kier molecular flexibility index (Phi) is 4.80. The Bertz CT molecular complexity index is 365. The molecule has 0 saturated carbocycles. The van der Waals surface area contributed by atoms with Gasteiger partial charge in [-0.25, -0.2) is 5.32 Å². The highest BCUT2D eigenvalue weighted by molar-refractivity contribution is 5.19. The van der Waals surface area contributed by atoms with Crippen LogP contribution in [0.4, 0.5) is 0 Å². The van der Waals surface area contributed by atoms with Crippen molar-refractivity contribution in [3.63, 3.8) is 0 Å². The molecule has 0 N–H and O–H groups in total. The van der Waals surface area contributed by atoms with Crippen molar-refractivity contribution in [3.05, 3.63) is 23.5 Å². The first-order valence-corrected chi connectivity index (χ1v) is 6.87. The monoisotopic (exact) mass is 250 g/mol. The summed E-state index contributed by atoms with van der Waals surface area (Å²) in [6, 6.07) is 4.63. The van der Waals surface area contributed by atoms with Crippen LogP contribution in [-0.4, -0.2) is 42.3 Å². The minimum Gasteiger partial charge on any atom is -0.378 e. The van der Waals surface area contributed by atoms with Gasteiger partial charge in [-0.1, -0.05) is 13.8 Å². The predicted molar refractivity (Wildman–Crippen MR) is 72.6 cm³/mol. The minimum atomic E-state index is 0.217. The zero-order valence-electron chi connectivity index (χ0n) is 11.7. The summed E-state index contributed by atoms with van der Waals surface area (Å²) >= 11 is 0. The van der Waals surface area contributed by atoms with Gasteiger partial charge in [0, 0.05) is 31.5 Å². The van der Waals surface area contributed by atoms with Crippen molar-refractivity contribution in [2.45, 2.75) is 26.4 Å². The fraction of sp³-hybridized carbons (Fsp3) is 0.714. The summed E-state index contributed by atoms with van der Waals surface area (Å²) in [5.41, 5.74) is 2.63. The average molecular weight is 250 g/mol. The largest absolute Gasteiger partial charge is 0.378 e. The van der Waals surface area contributed by atoms with E-state index in [4.69, 9.17) is 4.74 Å². The second-order valence-electron chi connectivity index (χ2n) is 4.77. The maximum Gasteiger partial charge on any atom is 0.0881 e. The lowest BCUT2D eigenvalue weighted by Crippen LogP contribution is -2.31. The van der Waals surface area contributed by atoms with Crippen LogP contribution < -0.4 is 5.32 Å². The second-order valence-corrected chi connectivity index (χ2v) is 4.77. The number of morpholine rings is 1. The van der Waals surface area contributed by atoms with Crippen molar-refractivity contribution < 1.29 is 4.74 Å². The van der Waals surface area contributed by atoms with Crippen LogP contribution in [0.1, 0.15) is 31.3 Å². The lowest BCUT2D eigenvalue weighted by atomic mass is 10.2. The molecule has 0 aliphatic carbocycles. The molecule has 0 bridgehead atoms. The molecule has 1 aromatic heterocycles. The van der Waals surface area contributed by atoms with Gasteiger partial charge in [0.1, 0.15) is 0 Å². The lowest BCUT2D eigenvalue weighted by molar-refractivity contribution is 0.0722. The fourth-order valence-corrected chi connectivity index (χ4v) is 2.44. The first-order chi connectivity index (χ1) is 8.76. The molecular weight excluding hydrogens is 226 g/mol. The quantitative estimate of drug-likeness (QED) is 0.794. The van der Waals surface area contributed by atoms with Gasteiger partial charge in [0.05, 0.1) is 19.3 Å². The summed E-state index contributed by atoms with van der Waals surface area (Å²) < 4.78 is 7.79. The summed E-state index contributed by atoms with van der Waals surface area (Å²) in [4.78, 5) is 2.42. The van der Waals surface area contributed by atoms with Crippen LogP contribution in [0, 0.1) is 0 Å². The Hall–Kier alpha value is -0.840. The van der Waals surface area contributed by atoms with Crippen LogP contribution in [0.25, 0.3) is 0 Å². The number of hydrogen-bond acceptors (Lipinski definition) is 2. The van der Waals surface area contributed by atoms with E-state index >= 15 is 0 Å². The molecular formula is C14H24N3O. The molecule has 0 aromatic carbocycles. The van der Waals surface area contributed by atoms with Crippen molar-refractivity contribution >= 4 is 0 Å². The first-order valence-electron chi connectivity index (χ1n) is 6.87. The SMILES string of the molecule is CCN(CC)Cc1ccc(C2COCC[N]2)n1C. The van der Waals surface area contributed by atoms with Crippen molar-refractivity contribution in [3.8, 4) is 0 Å². The molecule has 101 valence electrons. The maximum atomic E-state index is 5.51. The van der Waals surface area contributed by atoms with Gasteiger partial charge in [0.2, 0.25) is 0 Å². The Morgan fingerprint density at radius 2 is 2.17 bits per heavy atom. The van der Waals surface area contributed by atoms with Crippen LogP contribution in [0.5, 0.6) is 0 Å². The lowest BCUT2D eigenvalue weighted by Gasteiger charge is -2.24. The number of rotatable bonds is 5. The second kappa shape index (κ2) is 6.36. The molecule has 1 atom stereocenters. The normalized spacial score (nSPS) is 20.6. The summed E-state index contributed by atoms with van der Waals surface area (Å²) in [5, 5.41) is 4.63. The van der Waals surface area contributed by atoms with Gasteiger partial charge in [0.25, 0.3) is 0 Å². The van der Waals surface area contributed by atoms with Crippen LogP contribution in [0.2, 0.25) is 0 Å². The van der Waals surface area contributed by atoms with E-state index < -0.39 is 0 Å². The molecule has 0 spiro atoms. The minimum absolute atomic E-state index is 0.217. The van der Waals surface area contributed by atoms with Gasteiger partial charge in [0.15, 0.2) is 0 Å². The highest BCUT2D eigenvalue weighted by Crippen LogP contribution is 2.20. The third kappa shape index (κ3) is 2.94. The van der Waals surface area contributed by atoms with Gasteiger partial charge in [-0.05, 0) is 25.2 Å². The van der Waals surface area contributed by atoms with E-state index in [-0.39, 0.29) is 6.04 Å². The summed E-state index contributed by atoms with van der Waals surface area (Å²) in [6.45, 7) is 9.92. The topological polar surface area (TPSA) is 31.5 Å². The van der Waals surface area contributed by atoms with Crippen LogP contribution in [0.15, 0.2) is 12.1 Å². The maximum absolute atomic E-state index is 5.51. The van der Waals surface area contributed by atoms with Gasteiger partial charge < -0.3 is 9.30 Å². The molecule has 1 radical (unpaired) electrons. The fourth-order valence-electron chi connectivity index (χ4n) is 2.44. The van der Waals surface area contributed by atoms with Crippen LogP contribution in [0.3, 0.4) is 0 Å². The zero-order valence-corrected chi connectivity index (χ0v) is 11.7. The van der Waals surface area contributed by atoms with Gasteiger partial charge in [-0.3, -0.25) is 4.90 Å². The number of nitrogens with zero attached hydrogens (tertiary/aromatic N) is 3. The molecule has 1 fully saturated rings. The molecule has 4 heteroatoms. The smallest absolute Gasteiger partial charge is 0.0881 e. The standard InChI is InChI=1S/C14H24N3O/c1-4-17(5-2)10-12-6-7-14(16(12)3)13-11-18-9-8-15-13/h6-7,13H,4-5,8-11H2,1-3H3. The zero-order chi connectivity index (χ0) is 13.0. The molecule has 1 aliphatic rings. The van der Waals surface area contributed by atoms with Crippen LogP contribution in [-0.2, 0) is 18.3 Å². The Morgan fingerprint density at radius 3 is 2.78 bits per heavy atom. The summed E-state index contributed by atoms with van der Waals surface area (Å²) in [7, 11) is 2.14. The molecule has 1 unspecified atom stereocenters. The van der Waals surface area contributed by atoms with Gasteiger partial charge in [-0.15, -0.1) is 0 Å². The number of ether oxygens (including phenoxy) is 1. The van der Waals surface area contributed by atoms with Crippen molar-refractivity contribution in [1.82, 2.24) is 14.8 Å². The van der Waals surface area contributed by atoms with E-state index in [2.05, 4.69) is 47.8 Å². The summed E-state index contributed by atoms with van der Waals surface area (Å²) in [5.74, 6) is 0. The third-order valence-corrected chi connectivity index (χ3v) is 3.75. The Labute approximate surface area is 110 Å². The van der Waals surface area contributed by atoms with E-state index in [1.807, 2.05) is 0 Å². The molecule has 4 nitrogen and oxygen atoms in total. The van der Waals surface area contributed by atoms with Gasteiger partial charge >= 0.3 is 0 Å². The molecule has 0 amide bonds. The number of aromatic nitrogens is 1. The van der Waals surface area contributed by atoms with E-state index in [1.165, 1.54) is 11.4 Å². The molecule has 2 heterocycles. The third-order valence-electron chi connectivity index (χ3n) is 3.75. The summed E-state index contributed by atoms with van der Waals surface area (Å²) in [6.07, 6.45) is 0. The highest BCUT2D eigenvalue weighted by Gasteiger charge is 2.20. The van der Waals surface area contributed by atoms with E-state index in [9.17, 15) is 0 Å². The molecule has 18 heavy (non-hydrogen) atoms. The van der Waals surface area contributed by atoms with Crippen molar-refractivity contribution in [1.29, 1.82) is 0 Å². The van der Waals surface area contributed by atoms with Crippen molar-refractivity contribution in [2.75, 3.05) is 32.8 Å². The van der Waals surface area contributed by atoms with Crippen molar-refractivity contribution in [2.24, 2.45) is 7.05 Å².